The first kappa shape index (κ1) is 15.5. The van der Waals surface area contributed by atoms with Gasteiger partial charge in [0.25, 0.3) is 0 Å². The van der Waals surface area contributed by atoms with Gasteiger partial charge in [-0.05, 0) is 12.1 Å². The van der Waals surface area contributed by atoms with Crippen LogP contribution in [0, 0.1) is 0 Å². The Morgan fingerprint density at radius 2 is 1.69 bits per heavy atom. The molecule has 0 heterocycles. The van der Waals surface area contributed by atoms with E-state index in [4.69, 9.17) is 13.2 Å². The average Bonchev–Trinajstić information content (AvgIpc) is 2.17. The van der Waals surface area contributed by atoms with Crippen molar-refractivity contribution in [2.75, 3.05) is 13.3 Å². The minimum atomic E-state index is -3.72. The molecule has 0 N–H and O–H groups in total. The first-order chi connectivity index (χ1) is 7.43. The highest BCUT2D eigenvalue weighted by atomic mass is 36.0. The highest BCUT2D eigenvalue weighted by molar-refractivity contribution is 8.31. The Bertz CT molecular complexity index is 362. The number of benzene rings is 1. The molecule has 92 valence electrons. The van der Waals surface area contributed by atoms with E-state index in [9.17, 15) is 4.39 Å². The van der Waals surface area contributed by atoms with Crippen LogP contribution in [0.2, 0.25) is 0 Å². The molecule has 0 saturated heterocycles. The van der Waals surface area contributed by atoms with Gasteiger partial charge in [-0.1, -0.05) is 18.2 Å². The smallest absolute Gasteiger partial charge is 0.317 e. The van der Waals surface area contributed by atoms with E-state index in [1.165, 1.54) is 0 Å². The number of alkyl halides is 1. The van der Waals surface area contributed by atoms with Crippen LogP contribution in [0.1, 0.15) is 6.42 Å². The molecular weight excluding hydrogens is 278 g/mol. The molecule has 1 rings (SSSR count). The normalized spacial score (nSPS) is 10.2. The minimum Gasteiger partial charge on any atom is -0.494 e. The Hall–Kier alpha value is -0.520. The highest BCUT2D eigenvalue weighted by Crippen LogP contribution is 2.08. The highest BCUT2D eigenvalue weighted by Gasteiger charge is 1.89. The lowest BCUT2D eigenvalue weighted by atomic mass is 10.3. The Morgan fingerprint density at radius 1 is 1.19 bits per heavy atom. The second-order valence-electron chi connectivity index (χ2n) is 2.58. The number of ether oxygens (including phenoxy) is 1. The first-order valence-electron chi connectivity index (χ1n) is 4.31. The lowest BCUT2D eigenvalue weighted by molar-refractivity contribution is 0.289. The van der Waals surface area contributed by atoms with Gasteiger partial charge in [0.05, 0.1) is 13.3 Å². The van der Waals surface area contributed by atoms with Crippen LogP contribution >= 0.6 is 21.4 Å². The van der Waals surface area contributed by atoms with Crippen molar-refractivity contribution in [2.24, 2.45) is 0 Å². The molecule has 0 saturated carbocycles. The number of halogens is 3. The first-order valence-corrected chi connectivity index (χ1v) is 7.45. The van der Waals surface area contributed by atoms with Gasteiger partial charge in [-0.3, -0.25) is 4.39 Å². The summed E-state index contributed by atoms with van der Waals surface area (Å²) in [4.78, 5) is 0. The second-order valence-corrected chi connectivity index (χ2v) is 6.25. The van der Waals surface area contributed by atoms with E-state index in [0.717, 1.165) is 5.75 Å². The van der Waals surface area contributed by atoms with Crippen LogP contribution < -0.4 is 4.74 Å². The fraction of sp³-hybridized carbons (Fsp3) is 0.333. The molecule has 0 aromatic heterocycles. The van der Waals surface area contributed by atoms with Crippen molar-refractivity contribution >= 4 is 29.6 Å². The zero-order valence-electron chi connectivity index (χ0n) is 8.27. The summed E-state index contributed by atoms with van der Waals surface area (Å²) in [7, 11) is 4.81. The Morgan fingerprint density at radius 3 is 2.12 bits per heavy atom. The summed E-state index contributed by atoms with van der Waals surface area (Å²) in [5, 5.41) is 0. The van der Waals surface area contributed by atoms with Gasteiger partial charge in [0.2, 0.25) is 0 Å². The molecule has 0 aliphatic heterocycles. The molecule has 3 nitrogen and oxygen atoms in total. The number of para-hydroxylation sites is 1. The molecule has 0 amide bonds. The van der Waals surface area contributed by atoms with E-state index in [1.54, 1.807) is 0 Å². The quantitative estimate of drug-likeness (QED) is 0.631. The largest absolute Gasteiger partial charge is 0.494 e. The third kappa shape index (κ3) is 13.5. The molecule has 0 aliphatic carbocycles. The van der Waals surface area contributed by atoms with Gasteiger partial charge in [-0.25, -0.2) is 0 Å². The van der Waals surface area contributed by atoms with E-state index in [0.29, 0.717) is 13.0 Å². The lowest BCUT2D eigenvalue weighted by Crippen LogP contribution is -1.97. The van der Waals surface area contributed by atoms with Gasteiger partial charge in [-0.15, -0.1) is 0 Å². The molecule has 0 spiro atoms. The van der Waals surface area contributed by atoms with Gasteiger partial charge >= 0.3 is 8.26 Å². The summed E-state index contributed by atoms with van der Waals surface area (Å²) in [6.07, 6.45) is 0.467. The number of hydrogen-bond donors (Lipinski definition) is 0. The summed E-state index contributed by atoms with van der Waals surface area (Å²) in [5.41, 5.74) is 0. The van der Waals surface area contributed by atoms with E-state index < -0.39 is 8.26 Å². The summed E-state index contributed by atoms with van der Waals surface area (Å²) in [6.45, 7) is 0.146. The molecule has 0 fully saturated rings. The van der Waals surface area contributed by atoms with Crippen molar-refractivity contribution in [2.45, 2.75) is 6.42 Å². The van der Waals surface area contributed by atoms with Crippen molar-refractivity contribution in [1.82, 2.24) is 0 Å². The van der Waals surface area contributed by atoms with Crippen LogP contribution in [0.25, 0.3) is 0 Å². The molecule has 1 aromatic rings. The molecule has 16 heavy (non-hydrogen) atoms. The molecule has 1 aromatic carbocycles. The molecule has 7 heteroatoms. The Kier molecular flexibility index (Phi) is 8.33. The number of rotatable bonds is 4. The molecule has 0 radical (unpaired) electrons. The molecule has 0 atom stereocenters. The van der Waals surface area contributed by atoms with Crippen LogP contribution in [-0.2, 0) is 8.26 Å². The van der Waals surface area contributed by atoms with E-state index in [1.807, 2.05) is 30.3 Å². The van der Waals surface area contributed by atoms with Crippen LogP contribution in [0.5, 0.6) is 5.75 Å². The third-order valence-electron chi connectivity index (χ3n) is 1.29. The van der Waals surface area contributed by atoms with Gasteiger partial charge in [-0.2, -0.15) is 8.42 Å². The van der Waals surface area contributed by atoms with Crippen molar-refractivity contribution in [1.29, 1.82) is 0 Å². The van der Waals surface area contributed by atoms with Gasteiger partial charge < -0.3 is 4.74 Å². The monoisotopic (exact) mass is 288 g/mol. The van der Waals surface area contributed by atoms with Gasteiger partial charge in [0.1, 0.15) is 5.75 Å². The maximum absolute atomic E-state index is 11.6. The fourth-order valence-corrected chi connectivity index (χ4v) is 0.761. The zero-order valence-corrected chi connectivity index (χ0v) is 10.6. The Balaban J connectivity index is 0.000000385. The minimum absolute atomic E-state index is 0.313. The number of hydrogen-bond acceptors (Lipinski definition) is 3. The predicted octanol–water partition coefficient (Wildman–Crippen LogP) is 3.13. The topological polar surface area (TPSA) is 43.4 Å². The second kappa shape index (κ2) is 8.61. The average molecular weight is 289 g/mol. The molecule has 0 unspecified atom stereocenters. The Labute approximate surface area is 103 Å². The van der Waals surface area contributed by atoms with Crippen molar-refractivity contribution in [3.8, 4) is 5.75 Å². The molecular formula is C9H11Cl2FO3S. The standard InChI is InChI=1S/C9H11FO.Cl2O2S/c10-7-4-8-11-9-5-2-1-3-6-9;1-5(2,3)4/h1-3,5-6H,4,7-8H2;. The van der Waals surface area contributed by atoms with Gasteiger partial charge in [0, 0.05) is 27.8 Å². The van der Waals surface area contributed by atoms with Crippen molar-refractivity contribution < 1.29 is 17.5 Å². The van der Waals surface area contributed by atoms with Crippen LogP contribution in [0.3, 0.4) is 0 Å². The van der Waals surface area contributed by atoms with E-state index in [2.05, 4.69) is 21.4 Å². The van der Waals surface area contributed by atoms with Gasteiger partial charge in [0.15, 0.2) is 0 Å². The maximum atomic E-state index is 11.6. The van der Waals surface area contributed by atoms with Crippen molar-refractivity contribution in [3.63, 3.8) is 0 Å². The summed E-state index contributed by atoms with van der Waals surface area (Å²) in [6, 6.07) is 9.42. The van der Waals surface area contributed by atoms with E-state index in [-0.39, 0.29) is 6.67 Å². The SMILES string of the molecule is FCCCOc1ccccc1.O=S(=O)(Cl)Cl. The third-order valence-corrected chi connectivity index (χ3v) is 1.29. The summed E-state index contributed by atoms with van der Waals surface area (Å²) >= 11 is 0. The summed E-state index contributed by atoms with van der Waals surface area (Å²) in [5.74, 6) is 0.806. The molecule has 0 aliphatic rings. The van der Waals surface area contributed by atoms with Crippen molar-refractivity contribution in [3.05, 3.63) is 30.3 Å². The maximum Gasteiger partial charge on any atom is 0.317 e. The van der Waals surface area contributed by atoms with E-state index >= 15 is 0 Å². The predicted molar refractivity (Wildman–Crippen MR) is 63.2 cm³/mol. The van der Waals surface area contributed by atoms with Crippen LogP contribution in [0.4, 0.5) is 4.39 Å². The van der Waals surface area contributed by atoms with Crippen LogP contribution in [-0.4, -0.2) is 21.7 Å². The summed E-state index contributed by atoms with van der Waals surface area (Å²) < 4.78 is 35.1. The fourth-order valence-electron chi connectivity index (χ4n) is 0.761. The lowest BCUT2D eigenvalue weighted by Gasteiger charge is -2.02. The van der Waals surface area contributed by atoms with Crippen LogP contribution in [0.15, 0.2) is 30.3 Å². The molecule has 0 bridgehead atoms. The zero-order chi connectivity index (χ0) is 12.4.